The van der Waals surface area contributed by atoms with E-state index in [-0.39, 0.29) is 17.1 Å². The predicted octanol–water partition coefficient (Wildman–Crippen LogP) is 3.31. The number of amides is 1. The summed E-state index contributed by atoms with van der Waals surface area (Å²) in [6, 6.07) is 7.85. The molecule has 3 nitrogen and oxygen atoms in total. The molecule has 4 heteroatoms. The fourth-order valence-electron chi connectivity index (χ4n) is 3.45. The summed E-state index contributed by atoms with van der Waals surface area (Å²) < 4.78 is 0.987. The number of ketones is 1. The molecule has 20 heavy (non-hydrogen) atoms. The summed E-state index contributed by atoms with van der Waals surface area (Å²) in [6.45, 7) is 1.22. The minimum atomic E-state index is -0.318. The van der Waals surface area contributed by atoms with Gasteiger partial charge < -0.3 is 4.90 Å². The number of halogens is 1. The van der Waals surface area contributed by atoms with Crippen LogP contribution in [0.25, 0.3) is 0 Å². The van der Waals surface area contributed by atoms with Gasteiger partial charge in [0, 0.05) is 23.0 Å². The number of benzene rings is 1. The molecular formula is C16H18BrNO2. The quantitative estimate of drug-likeness (QED) is 0.777. The third kappa shape index (κ3) is 2.30. The lowest BCUT2D eigenvalue weighted by molar-refractivity contribution is -0.155. The lowest BCUT2D eigenvalue weighted by atomic mass is 9.75. The highest BCUT2D eigenvalue weighted by Crippen LogP contribution is 2.44. The average molecular weight is 336 g/mol. The minimum absolute atomic E-state index is 0.145. The first-order valence-corrected chi connectivity index (χ1v) is 7.99. The maximum atomic E-state index is 12.4. The lowest BCUT2D eigenvalue weighted by Crippen LogP contribution is -2.50. The molecule has 0 aromatic heterocycles. The Hall–Kier alpha value is -1.16. The second-order valence-corrected chi connectivity index (χ2v) is 6.74. The molecule has 1 aromatic rings. The summed E-state index contributed by atoms with van der Waals surface area (Å²) in [7, 11) is 0. The van der Waals surface area contributed by atoms with Crippen molar-refractivity contribution in [2.75, 3.05) is 6.54 Å². The number of hydrogen-bond donors (Lipinski definition) is 0. The highest BCUT2D eigenvalue weighted by molar-refractivity contribution is 9.10. The van der Waals surface area contributed by atoms with Crippen LogP contribution in [0.2, 0.25) is 0 Å². The summed E-state index contributed by atoms with van der Waals surface area (Å²) >= 11 is 3.50. The van der Waals surface area contributed by atoms with E-state index in [1.807, 2.05) is 24.3 Å². The first-order valence-electron chi connectivity index (χ1n) is 7.19. The second kappa shape index (κ2) is 5.32. The SMILES string of the molecule is O=C1C(=O)C2(CCCC2)CCN1Cc1ccccc1Br. The van der Waals surface area contributed by atoms with Crippen molar-refractivity contribution in [3.05, 3.63) is 34.3 Å². The number of carbonyl (C=O) groups excluding carboxylic acids is 2. The average Bonchev–Trinajstić information content (AvgIpc) is 2.92. The van der Waals surface area contributed by atoms with Crippen LogP contribution in [0.3, 0.4) is 0 Å². The number of piperidine rings is 1. The van der Waals surface area contributed by atoms with Crippen molar-refractivity contribution in [3.8, 4) is 0 Å². The number of rotatable bonds is 2. The lowest BCUT2D eigenvalue weighted by Gasteiger charge is -2.37. The van der Waals surface area contributed by atoms with Crippen molar-refractivity contribution >= 4 is 27.6 Å². The predicted molar refractivity (Wildman–Crippen MR) is 80.1 cm³/mol. The third-order valence-corrected chi connectivity index (χ3v) is 5.48. The molecule has 2 aliphatic rings. The van der Waals surface area contributed by atoms with Crippen LogP contribution in [0.4, 0.5) is 0 Å². The van der Waals surface area contributed by atoms with Crippen LogP contribution in [-0.4, -0.2) is 23.1 Å². The Bertz CT molecular complexity index is 549. The first-order chi connectivity index (χ1) is 9.62. The van der Waals surface area contributed by atoms with E-state index in [4.69, 9.17) is 0 Å². The van der Waals surface area contributed by atoms with E-state index in [2.05, 4.69) is 15.9 Å². The van der Waals surface area contributed by atoms with Crippen LogP contribution in [-0.2, 0) is 16.1 Å². The molecule has 1 aliphatic heterocycles. The van der Waals surface area contributed by atoms with Gasteiger partial charge in [-0.1, -0.05) is 47.0 Å². The maximum absolute atomic E-state index is 12.4. The van der Waals surface area contributed by atoms with Gasteiger partial charge in [0.25, 0.3) is 5.91 Å². The Kier molecular flexibility index (Phi) is 3.67. The fourth-order valence-corrected chi connectivity index (χ4v) is 3.86. The van der Waals surface area contributed by atoms with Crippen molar-refractivity contribution in [1.82, 2.24) is 4.90 Å². The summed E-state index contributed by atoms with van der Waals surface area (Å²) in [4.78, 5) is 26.5. The Balaban J connectivity index is 1.76. The van der Waals surface area contributed by atoms with Crippen LogP contribution in [0.15, 0.2) is 28.7 Å². The zero-order valence-corrected chi connectivity index (χ0v) is 13.0. The summed E-state index contributed by atoms with van der Waals surface area (Å²) in [6.07, 6.45) is 4.81. The van der Waals surface area contributed by atoms with Crippen molar-refractivity contribution in [1.29, 1.82) is 0 Å². The van der Waals surface area contributed by atoms with Crippen LogP contribution < -0.4 is 0 Å². The minimum Gasteiger partial charge on any atom is -0.332 e. The van der Waals surface area contributed by atoms with Gasteiger partial charge in [0.2, 0.25) is 5.78 Å². The van der Waals surface area contributed by atoms with E-state index >= 15 is 0 Å². The normalized spacial score (nSPS) is 21.8. The van der Waals surface area contributed by atoms with E-state index in [0.29, 0.717) is 13.1 Å². The van der Waals surface area contributed by atoms with Crippen LogP contribution in [0, 0.1) is 5.41 Å². The molecule has 106 valence electrons. The summed E-state index contributed by atoms with van der Waals surface area (Å²) in [5.41, 5.74) is 0.734. The van der Waals surface area contributed by atoms with Gasteiger partial charge in [-0.2, -0.15) is 0 Å². The van der Waals surface area contributed by atoms with Crippen molar-refractivity contribution in [2.45, 2.75) is 38.6 Å². The molecule has 0 radical (unpaired) electrons. The fraction of sp³-hybridized carbons (Fsp3) is 0.500. The number of likely N-dealkylation sites (tertiary alicyclic amines) is 1. The molecule has 2 fully saturated rings. The van der Waals surface area contributed by atoms with Crippen molar-refractivity contribution < 1.29 is 9.59 Å². The number of nitrogens with zero attached hydrogens (tertiary/aromatic N) is 1. The number of Topliss-reactive ketones (excluding diaryl/α,β-unsaturated/α-hetero) is 1. The largest absolute Gasteiger partial charge is 0.332 e. The van der Waals surface area contributed by atoms with E-state index < -0.39 is 0 Å². The molecule has 1 spiro atoms. The Morgan fingerprint density at radius 2 is 1.80 bits per heavy atom. The van der Waals surface area contributed by atoms with E-state index in [9.17, 15) is 9.59 Å². The number of carbonyl (C=O) groups is 2. The molecule has 0 bridgehead atoms. The molecule has 3 rings (SSSR count). The topological polar surface area (TPSA) is 37.4 Å². The van der Waals surface area contributed by atoms with Gasteiger partial charge in [0.15, 0.2) is 0 Å². The Morgan fingerprint density at radius 1 is 1.10 bits per heavy atom. The van der Waals surface area contributed by atoms with Gasteiger partial charge in [0.05, 0.1) is 0 Å². The summed E-state index contributed by atoms with van der Waals surface area (Å²) in [5.74, 6) is -0.429. The molecule has 1 amide bonds. The van der Waals surface area contributed by atoms with E-state index in [0.717, 1.165) is 42.1 Å². The monoisotopic (exact) mass is 335 g/mol. The highest BCUT2D eigenvalue weighted by atomic mass is 79.9. The van der Waals surface area contributed by atoms with Crippen LogP contribution in [0.5, 0.6) is 0 Å². The molecule has 1 heterocycles. The molecular weight excluding hydrogens is 318 g/mol. The van der Waals surface area contributed by atoms with Gasteiger partial charge in [-0.15, -0.1) is 0 Å². The molecule has 0 N–H and O–H groups in total. The zero-order chi connectivity index (χ0) is 14.2. The second-order valence-electron chi connectivity index (χ2n) is 5.88. The first kappa shape index (κ1) is 13.8. The van der Waals surface area contributed by atoms with Gasteiger partial charge in [0.1, 0.15) is 0 Å². The molecule has 1 saturated heterocycles. The molecule has 1 saturated carbocycles. The van der Waals surface area contributed by atoms with Gasteiger partial charge >= 0.3 is 0 Å². The van der Waals surface area contributed by atoms with Crippen molar-refractivity contribution in [3.63, 3.8) is 0 Å². The Morgan fingerprint density at radius 3 is 2.50 bits per heavy atom. The van der Waals surface area contributed by atoms with Crippen LogP contribution in [0.1, 0.15) is 37.7 Å². The molecule has 0 atom stereocenters. The van der Waals surface area contributed by atoms with Gasteiger partial charge in [-0.25, -0.2) is 0 Å². The highest BCUT2D eigenvalue weighted by Gasteiger charge is 2.48. The molecule has 0 unspecified atom stereocenters. The van der Waals surface area contributed by atoms with Crippen molar-refractivity contribution in [2.24, 2.45) is 5.41 Å². The smallest absolute Gasteiger partial charge is 0.290 e. The third-order valence-electron chi connectivity index (χ3n) is 4.70. The molecule has 1 aliphatic carbocycles. The van der Waals surface area contributed by atoms with E-state index in [1.165, 1.54) is 0 Å². The van der Waals surface area contributed by atoms with Crippen LogP contribution >= 0.6 is 15.9 Å². The van der Waals surface area contributed by atoms with Gasteiger partial charge in [-0.05, 0) is 30.9 Å². The number of hydrogen-bond acceptors (Lipinski definition) is 2. The molecule has 1 aromatic carbocycles. The van der Waals surface area contributed by atoms with E-state index in [1.54, 1.807) is 4.90 Å². The maximum Gasteiger partial charge on any atom is 0.290 e. The summed E-state index contributed by atoms with van der Waals surface area (Å²) in [5, 5.41) is 0. The van der Waals surface area contributed by atoms with Gasteiger partial charge in [-0.3, -0.25) is 9.59 Å². The standard InChI is InChI=1S/C16H18BrNO2/c17-13-6-2-1-5-12(13)11-18-10-9-16(7-3-4-8-16)14(19)15(18)20/h1-2,5-6H,3-4,7-11H2. The zero-order valence-electron chi connectivity index (χ0n) is 11.4. The Labute approximate surface area is 127 Å².